The average molecular weight is 405 g/mol. The number of hydrogen-bond donors (Lipinski definition) is 1. The summed E-state index contributed by atoms with van der Waals surface area (Å²) in [6.07, 6.45) is 0. The molecule has 0 aromatic heterocycles. The molecule has 1 amide bonds. The quantitative estimate of drug-likeness (QED) is 0.283. The fraction of sp³-hybridized carbons (Fsp3) is 0.250. The number of halogens is 1. The molecule has 0 aliphatic carbocycles. The van der Waals surface area contributed by atoms with Crippen LogP contribution in [0.5, 0.6) is 0 Å². The zero-order valence-corrected chi connectivity index (χ0v) is 16.1. The van der Waals surface area contributed by atoms with E-state index >= 15 is 0 Å². The molecule has 0 unspecified atom stereocenters. The van der Waals surface area contributed by atoms with E-state index in [1.54, 1.807) is 31.4 Å². The van der Waals surface area contributed by atoms with Crippen molar-refractivity contribution >= 4 is 29.4 Å². The molecule has 0 fully saturated rings. The molecule has 0 heterocycles. The molecule has 2 aromatic carbocycles. The minimum atomic E-state index is -0.668. The molecule has 0 radical (unpaired) electrons. The number of carbonyl (C=O) groups is 3. The van der Waals surface area contributed by atoms with Gasteiger partial charge in [-0.25, -0.2) is 9.18 Å². The van der Waals surface area contributed by atoms with Gasteiger partial charge in [0.1, 0.15) is 5.82 Å². The number of nitrogens with one attached hydrogen (secondary N) is 1. The Morgan fingerprint density at radius 2 is 1.79 bits per heavy atom. The molecule has 0 atom stereocenters. The molecule has 0 bridgehead atoms. The number of carbonyl (C=O) groups excluding carboxylic acids is 3. The second kappa shape index (κ2) is 11.2. The number of methoxy groups -OCH3 is 1. The van der Waals surface area contributed by atoms with Crippen molar-refractivity contribution in [1.82, 2.24) is 5.32 Å². The number of Topliss-reactive ketones (excluding diaryl/α,β-unsaturated/α-hetero) is 1. The van der Waals surface area contributed by atoms with Gasteiger partial charge in [-0.1, -0.05) is 12.1 Å². The normalized spacial score (nSPS) is 10.4. The summed E-state index contributed by atoms with van der Waals surface area (Å²) in [4.78, 5) is 36.8. The molecule has 2 aromatic rings. The highest BCUT2D eigenvalue weighted by molar-refractivity contribution is 8.00. The molecular weight excluding hydrogens is 385 g/mol. The Morgan fingerprint density at radius 1 is 1.07 bits per heavy atom. The lowest BCUT2D eigenvalue weighted by Crippen LogP contribution is -2.28. The van der Waals surface area contributed by atoms with Crippen LogP contribution in [0.4, 0.5) is 4.39 Å². The maximum atomic E-state index is 12.9. The third kappa shape index (κ3) is 6.79. The Morgan fingerprint density at radius 3 is 2.50 bits per heavy atom. The lowest BCUT2D eigenvalue weighted by atomic mass is 10.1. The van der Waals surface area contributed by atoms with Gasteiger partial charge in [-0.05, 0) is 36.4 Å². The van der Waals surface area contributed by atoms with Gasteiger partial charge in [-0.2, -0.15) is 0 Å². The Bertz CT molecular complexity index is 826. The van der Waals surface area contributed by atoms with Gasteiger partial charge in [0.05, 0.1) is 17.9 Å². The summed E-state index contributed by atoms with van der Waals surface area (Å²) >= 11 is 1.19. The molecule has 0 spiro atoms. The van der Waals surface area contributed by atoms with Gasteiger partial charge in [-0.15, -0.1) is 11.8 Å². The fourth-order valence-electron chi connectivity index (χ4n) is 2.18. The number of hydrogen-bond acceptors (Lipinski definition) is 6. The van der Waals surface area contributed by atoms with Gasteiger partial charge in [0.2, 0.25) is 5.91 Å². The highest BCUT2D eigenvalue weighted by Crippen LogP contribution is 2.23. The third-order valence-electron chi connectivity index (χ3n) is 3.59. The third-order valence-corrected chi connectivity index (χ3v) is 4.67. The van der Waals surface area contributed by atoms with Crippen molar-refractivity contribution in [2.24, 2.45) is 0 Å². The summed E-state index contributed by atoms with van der Waals surface area (Å²) < 4.78 is 22.9. The van der Waals surface area contributed by atoms with E-state index in [4.69, 9.17) is 9.47 Å². The fourth-order valence-corrected chi connectivity index (χ4v) is 3.05. The minimum absolute atomic E-state index is 0.127. The first-order valence-corrected chi connectivity index (χ1v) is 9.43. The molecule has 28 heavy (non-hydrogen) atoms. The van der Waals surface area contributed by atoms with Crippen LogP contribution >= 0.6 is 11.8 Å². The summed E-state index contributed by atoms with van der Waals surface area (Å²) in [5, 5.41) is 2.69. The van der Waals surface area contributed by atoms with Crippen molar-refractivity contribution in [2.45, 2.75) is 4.90 Å². The van der Waals surface area contributed by atoms with Crippen molar-refractivity contribution in [3.05, 3.63) is 65.5 Å². The Kier molecular flexibility index (Phi) is 8.64. The molecule has 0 saturated carbocycles. The summed E-state index contributed by atoms with van der Waals surface area (Å²) in [5.41, 5.74) is 0.522. The highest BCUT2D eigenvalue weighted by Gasteiger charge is 2.16. The lowest BCUT2D eigenvalue weighted by molar-refractivity contribution is -0.118. The van der Waals surface area contributed by atoms with Crippen LogP contribution in [0.25, 0.3) is 0 Å². The largest absolute Gasteiger partial charge is 0.454 e. The van der Waals surface area contributed by atoms with E-state index in [9.17, 15) is 18.8 Å². The molecule has 148 valence electrons. The maximum absolute atomic E-state index is 12.9. The van der Waals surface area contributed by atoms with Gasteiger partial charge in [0.15, 0.2) is 12.4 Å². The lowest BCUT2D eigenvalue weighted by Gasteiger charge is -2.09. The Labute approximate surface area is 166 Å². The zero-order chi connectivity index (χ0) is 20.4. The van der Waals surface area contributed by atoms with E-state index in [1.165, 1.54) is 36.0 Å². The maximum Gasteiger partial charge on any atom is 0.339 e. The van der Waals surface area contributed by atoms with Crippen molar-refractivity contribution in [1.29, 1.82) is 0 Å². The predicted molar refractivity (Wildman–Crippen MR) is 103 cm³/mol. The van der Waals surface area contributed by atoms with Crippen molar-refractivity contribution in [3.8, 4) is 0 Å². The second-order valence-corrected chi connectivity index (χ2v) is 6.65. The number of ether oxygens (including phenoxy) is 2. The van der Waals surface area contributed by atoms with Gasteiger partial charge < -0.3 is 14.8 Å². The zero-order valence-electron chi connectivity index (χ0n) is 15.3. The van der Waals surface area contributed by atoms with E-state index in [-0.39, 0.29) is 22.8 Å². The van der Waals surface area contributed by atoms with Gasteiger partial charge in [-0.3, -0.25) is 9.59 Å². The predicted octanol–water partition coefficient (Wildman–Crippen LogP) is 2.72. The van der Waals surface area contributed by atoms with Crippen LogP contribution in [-0.4, -0.2) is 50.3 Å². The average Bonchev–Trinajstić information content (AvgIpc) is 2.71. The van der Waals surface area contributed by atoms with E-state index in [0.29, 0.717) is 18.0 Å². The van der Waals surface area contributed by atoms with Crippen LogP contribution in [0.15, 0.2) is 53.4 Å². The number of benzene rings is 2. The standard InChI is InChI=1S/C20H20FNO5S/c1-26-11-10-22-19(24)13-28-18-5-3-2-4-16(18)20(25)27-12-17(23)14-6-8-15(21)9-7-14/h2-9H,10-13H2,1H3,(H,22,24). The Balaban J connectivity index is 1.91. The molecule has 2 rings (SSSR count). The van der Waals surface area contributed by atoms with E-state index in [0.717, 1.165) is 0 Å². The minimum Gasteiger partial charge on any atom is -0.454 e. The summed E-state index contributed by atoms with van der Waals surface area (Å²) in [7, 11) is 1.55. The van der Waals surface area contributed by atoms with Crippen LogP contribution in [0.2, 0.25) is 0 Å². The van der Waals surface area contributed by atoms with Crippen LogP contribution in [0, 0.1) is 5.82 Å². The molecule has 0 saturated heterocycles. The van der Waals surface area contributed by atoms with E-state index in [1.807, 2.05) is 0 Å². The van der Waals surface area contributed by atoms with Gasteiger partial charge in [0, 0.05) is 24.1 Å². The molecule has 0 aliphatic rings. The summed E-state index contributed by atoms with van der Waals surface area (Å²) in [6, 6.07) is 11.7. The first-order chi connectivity index (χ1) is 13.5. The molecular formula is C20H20FNO5S. The van der Waals surface area contributed by atoms with Gasteiger partial charge in [0.25, 0.3) is 0 Å². The van der Waals surface area contributed by atoms with Crippen LogP contribution < -0.4 is 5.32 Å². The number of ketones is 1. The topological polar surface area (TPSA) is 81.7 Å². The Hall–Kier alpha value is -2.71. The van der Waals surface area contributed by atoms with E-state index in [2.05, 4.69) is 5.32 Å². The summed E-state index contributed by atoms with van der Waals surface area (Å²) in [5.74, 6) is -1.61. The number of amides is 1. The smallest absolute Gasteiger partial charge is 0.339 e. The molecule has 8 heteroatoms. The second-order valence-electron chi connectivity index (χ2n) is 5.63. The number of thioether (sulfide) groups is 1. The van der Waals surface area contributed by atoms with Crippen molar-refractivity contribution in [2.75, 3.05) is 32.6 Å². The monoisotopic (exact) mass is 405 g/mol. The first kappa shape index (κ1) is 21.6. The van der Waals surface area contributed by atoms with Crippen LogP contribution in [0.1, 0.15) is 20.7 Å². The van der Waals surface area contributed by atoms with Crippen LogP contribution in [-0.2, 0) is 14.3 Å². The first-order valence-electron chi connectivity index (χ1n) is 8.44. The number of esters is 1. The molecule has 0 aliphatic heterocycles. The van der Waals surface area contributed by atoms with Gasteiger partial charge >= 0.3 is 5.97 Å². The van der Waals surface area contributed by atoms with Crippen molar-refractivity contribution in [3.63, 3.8) is 0 Å². The molecule has 6 nitrogen and oxygen atoms in total. The van der Waals surface area contributed by atoms with Crippen molar-refractivity contribution < 1.29 is 28.2 Å². The summed E-state index contributed by atoms with van der Waals surface area (Å²) in [6.45, 7) is 0.369. The van der Waals surface area contributed by atoms with Crippen LogP contribution in [0.3, 0.4) is 0 Å². The number of rotatable bonds is 10. The molecule has 1 N–H and O–H groups in total. The SMILES string of the molecule is COCCNC(=O)CSc1ccccc1C(=O)OCC(=O)c1ccc(F)cc1. The van der Waals surface area contributed by atoms with E-state index < -0.39 is 24.2 Å². The highest BCUT2D eigenvalue weighted by atomic mass is 32.2.